The number of fused-ring (bicyclic) bond motifs is 2. The Morgan fingerprint density at radius 3 is 1.51 bits per heavy atom. The van der Waals surface area contributed by atoms with Crippen LogP contribution in [0.2, 0.25) is 0 Å². The molecule has 0 radical (unpaired) electrons. The van der Waals surface area contributed by atoms with Gasteiger partial charge in [0.05, 0.1) is 31.3 Å². The maximum Gasteiger partial charge on any atom is 0.218 e. The number of aryl methyl sites for hydroxylation is 1. The molecule has 2 unspecified atom stereocenters. The number of halogens is 2. The van der Waals surface area contributed by atoms with Crippen LogP contribution in [-0.4, -0.2) is 45.7 Å². The molecule has 0 aliphatic heterocycles. The van der Waals surface area contributed by atoms with Crippen LogP contribution in [0.25, 0.3) is 51.4 Å². The molecule has 10 nitrogen and oxygen atoms in total. The van der Waals surface area contributed by atoms with Gasteiger partial charge in [-0.1, -0.05) is 152 Å². The lowest BCUT2D eigenvalue weighted by Gasteiger charge is -2.25. The van der Waals surface area contributed by atoms with Crippen LogP contribution in [-0.2, 0) is 28.9 Å². The maximum atomic E-state index is 11.2. The number of ketones is 2. The second-order valence-electron chi connectivity index (χ2n) is 17.5. The fourth-order valence-corrected chi connectivity index (χ4v) is 9.36. The zero-order valence-electron chi connectivity index (χ0n) is 42.4. The van der Waals surface area contributed by atoms with E-state index in [-0.39, 0.29) is 13.3 Å². The van der Waals surface area contributed by atoms with Gasteiger partial charge in [0.15, 0.2) is 11.6 Å². The first-order chi connectivity index (χ1) is 37.1. The van der Waals surface area contributed by atoms with Crippen LogP contribution in [0.1, 0.15) is 62.3 Å². The molecule has 8 aromatic rings. The predicted molar refractivity (Wildman–Crippen MR) is 298 cm³/mol. The highest BCUT2D eigenvalue weighted by molar-refractivity contribution is 6.59. The number of hydrogen-bond acceptors (Lipinski definition) is 10. The molecule has 75 heavy (non-hydrogen) atoms. The van der Waals surface area contributed by atoms with Gasteiger partial charge in [-0.25, -0.2) is 19.9 Å². The number of methoxy groups -OCH3 is 2. The van der Waals surface area contributed by atoms with Crippen molar-refractivity contribution in [2.24, 2.45) is 0 Å². The normalized spacial score (nSPS) is 15.4. The Labute approximate surface area is 450 Å². The quantitative estimate of drug-likeness (QED) is 0.134. The van der Waals surface area contributed by atoms with E-state index in [1.54, 1.807) is 14.2 Å². The number of ether oxygens (including phenoxy) is 2. The van der Waals surface area contributed by atoms with Gasteiger partial charge in [-0.05, 0) is 109 Å². The first-order valence-corrected chi connectivity index (χ1v) is 24.6. The summed E-state index contributed by atoms with van der Waals surface area (Å²) in [4.78, 5) is 42.3. The largest absolute Gasteiger partial charge is 0.497 e. The van der Waals surface area contributed by atoms with Gasteiger partial charge in [-0.15, -0.1) is 0 Å². The predicted octanol–water partition coefficient (Wildman–Crippen LogP) is 14.3. The summed E-state index contributed by atoms with van der Waals surface area (Å²) in [6.45, 7) is 0. The third-order valence-electron chi connectivity index (χ3n) is 13.0. The number of nitrogens with zero attached hydrogens (tertiary/aromatic N) is 6. The van der Waals surface area contributed by atoms with Crippen LogP contribution in [0, 0.1) is 22.7 Å². The Kier molecular flexibility index (Phi) is 16.5. The molecule has 0 spiro atoms. The number of hydrogen-bond donors (Lipinski definition) is 0. The topological polar surface area (TPSA) is 152 Å². The molecule has 11 rings (SSSR count). The van der Waals surface area contributed by atoms with Crippen LogP contribution in [0.3, 0.4) is 0 Å². The number of aromatic nitrogens is 4. The van der Waals surface area contributed by atoms with Crippen molar-refractivity contribution < 1.29 is 22.0 Å². The van der Waals surface area contributed by atoms with E-state index in [1.807, 2.05) is 72.8 Å². The smallest absolute Gasteiger partial charge is 0.218 e. The fraction of sp³-hybridized carbons (Fsp3) is 0.143. The van der Waals surface area contributed by atoms with Crippen molar-refractivity contribution in [2.75, 3.05) is 14.2 Å². The minimum atomic E-state index is -0.893. The van der Waals surface area contributed by atoms with E-state index in [1.165, 1.54) is 34.4 Å². The first kappa shape index (κ1) is 51.1. The Balaban J connectivity index is 0.000000175. The maximum absolute atomic E-state index is 11.2. The second-order valence-corrected chi connectivity index (χ2v) is 18.3. The lowest BCUT2D eigenvalue weighted by atomic mass is 9.82. The monoisotopic (exact) mass is 1030 g/mol. The number of benzene rings is 6. The third kappa shape index (κ3) is 12.0. The minimum absolute atomic E-state index is 0. The highest BCUT2D eigenvalue weighted by atomic mass is 35.5. The first-order valence-electron chi connectivity index (χ1n) is 24.8. The van der Waals surface area contributed by atoms with Gasteiger partial charge >= 0.3 is 0 Å². The zero-order chi connectivity index (χ0) is 53.6. The average Bonchev–Trinajstić information content (AvgIpc) is 3.50. The van der Waals surface area contributed by atoms with E-state index < -0.39 is 32.8 Å². The average molecular weight is 1030 g/mol. The molecule has 2 atom stereocenters. The van der Waals surface area contributed by atoms with Crippen molar-refractivity contribution in [3.8, 4) is 68.9 Å². The lowest BCUT2D eigenvalue weighted by molar-refractivity contribution is -0.115. The Morgan fingerprint density at radius 1 is 0.547 bits per heavy atom. The number of carbonyl (C=O) groups excluding carboxylic acids is 2. The summed E-state index contributed by atoms with van der Waals surface area (Å²) in [5.41, 5.74) is 12.7. The Bertz CT molecular complexity index is 3530. The van der Waals surface area contributed by atoms with E-state index in [0.717, 1.165) is 93.9 Å². The fourth-order valence-electron chi connectivity index (χ4n) is 9.00. The van der Waals surface area contributed by atoms with Crippen molar-refractivity contribution in [3.63, 3.8) is 0 Å². The summed E-state index contributed by atoms with van der Waals surface area (Å²) in [6, 6.07) is 61.1. The molecule has 6 aromatic carbocycles. The van der Waals surface area contributed by atoms with E-state index in [0.29, 0.717) is 5.92 Å². The summed E-state index contributed by atoms with van der Waals surface area (Å²) in [5.74, 6) is 2.07. The Morgan fingerprint density at radius 2 is 1.00 bits per heavy atom. The number of rotatable bonds is 8. The molecular weight excluding hydrogens is 976 g/mol. The molecule has 3 aliphatic carbocycles. The SMILES string of the molecule is C.COc1ccc(-c2cc(C3C=Cc4ccccc4C3)nc(-c3ccccc3)n2)cc1.COc1ccc(-c2cc(C3CCc4ccccc4C3)nc(-c3ccccc3)n2)cc1.N#CC1=C(C#N)C(=O)C(Cl)=C(Cl)C1=O.[2H][2H]. The van der Waals surface area contributed by atoms with Gasteiger partial charge < -0.3 is 9.47 Å². The second kappa shape index (κ2) is 24.3. The van der Waals surface area contributed by atoms with Crippen molar-refractivity contribution in [1.29, 1.82) is 10.5 Å². The van der Waals surface area contributed by atoms with E-state index in [9.17, 15) is 9.59 Å². The summed E-state index contributed by atoms with van der Waals surface area (Å²) in [6.07, 6.45) is 8.66. The van der Waals surface area contributed by atoms with E-state index >= 15 is 0 Å². The Hall–Kier alpha value is -8.80. The molecule has 0 saturated carbocycles. The van der Waals surface area contributed by atoms with Gasteiger partial charge in [0.2, 0.25) is 11.6 Å². The van der Waals surface area contributed by atoms with Crippen LogP contribution in [0.5, 0.6) is 11.5 Å². The molecule has 0 bridgehead atoms. The molecule has 0 N–H and O–H groups in total. The van der Waals surface area contributed by atoms with Gasteiger partial charge in [-0.3, -0.25) is 9.59 Å². The highest BCUT2D eigenvalue weighted by Gasteiger charge is 2.33. The van der Waals surface area contributed by atoms with Crippen LogP contribution in [0.15, 0.2) is 197 Å². The van der Waals surface area contributed by atoms with Gasteiger partial charge in [0.1, 0.15) is 44.8 Å². The summed E-state index contributed by atoms with van der Waals surface area (Å²) in [5, 5.41) is 16.0. The minimum Gasteiger partial charge on any atom is -0.497 e. The van der Waals surface area contributed by atoms with Crippen molar-refractivity contribution in [2.45, 2.75) is 44.9 Å². The molecule has 3 aliphatic rings. The van der Waals surface area contributed by atoms with Crippen LogP contribution in [0.4, 0.5) is 0 Å². The van der Waals surface area contributed by atoms with Crippen molar-refractivity contribution in [1.82, 2.24) is 19.9 Å². The molecule has 2 aromatic heterocycles. The van der Waals surface area contributed by atoms with Gasteiger partial charge in [0.25, 0.3) is 0 Å². The molecule has 12 heteroatoms. The molecule has 0 saturated heterocycles. The highest BCUT2D eigenvalue weighted by Crippen LogP contribution is 2.36. The lowest BCUT2D eigenvalue weighted by Crippen LogP contribution is -2.18. The van der Waals surface area contributed by atoms with Gasteiger partial charge in [-0.2, -0.15) is 10.5 Å². The molecular formula is C63H52Cl2N6O4. The number of carbonyl (C=O) groups is 2. The molecule has 0 amide bonds. The van der Waals surface area contributed by atoms with Crippen molar-refractivity contribution in [3.05, 3.63) is 231 Å². The number of allylic oxidation sites excluding steroid dienone is 5. The number of nitriles is 2. The van der Waals surface area contributed by atoms with E-state index in [2.05, 4.69) is 109 Å². The number of Topliss-reactive ketones (excluding diaryl/α,β-unsaturated/α-hetero) is 2. The molecule has 372 valence electrons. The molecule has 0 fully saturated rings. The third-order valence-corrected chi connectivity index (χ3v) is 13.8. The van der Waals surface area contributed by atoms with Crippen LogP contribution >= 0.6 is 23.2 Å². The van der Waals surface area contributed by atoms with Crippen molar-refractivity contribution >= 4 is 40.8 Å². The van der Waals surface area contributed by atoms with E-state index in [4.69, 9.17) is 66.1 Å². The van der Waals surface area contributed by atoms with Gasteiger partial charge in [0, 0.05) is 42.8 Å². The zero-order valence-corrected chi connectivity index (χ0v) is 41.9. The molecule has 2 heterocycles. The summed E-state index contributed by atoms with van der Waals surface area (Å²) < 4.78 is 20.6. The summed E-state index contributed by atoms with van der Waals surface area (Å²) in [7, 11) is 3.37. The summed E-state index contributed by atoms with van der Waals surface area (Å²) >= 11 is 10.8. The standard InChI is InChI=1S/C27H24N2O.C27H22N2O.C8Cl2N2O2.CH4.H2/c2*1-30-24-15-13-20(14-16-24)25-18-26(29-27(28-25)21-8-3-2-4-9-21)23-12-11-19-7-5-6-10-22(19)17-23;9-5-6(10)8(14)4(2-12)3(1-11)7(5)13;;/h2-10,13-16,18,23H,11-12,17H2,1H3;2-16,18,23H,17H2,1H3;;1H4;1H/i;;;;1+1D. The van der Waals surface area contributed by atoms with Crippen LogP contribution < -0.4 is 9.47 Å².